The fourth-order valence-corrected chi connectivity index (χ4v) is 4.31. The Balaban J connectivity index is 2.19. The van der Waals surface area contributed by atoms with E-state index in [-0.39, 0.29) is 5.41 Å². The summed E-state index contributed by atoms with van der Waals surface area (Å²) < 4.78 is 10.9. The van der Waals surface area contributed by atoms with Crippen molar-refractivity contribution >= 4 is 33.7 Å². The molecular weight excluding hydrogens is 378 g/mol. The maximum atomic E-state index is 5.59. The highest BCUT2D eigenvalue weighted by atomic mass is 32.1. The predicted octanol–water partition coefficient (Wildman–Crippen LogP) is 5.59. The van der Waals surface area contributed by atoms with E-state index in [1.165, 1.54) is 19.3 Å². The van der Waals surface area contributed by atoms with Gasteiger partial charge in [-0.15, -0.1) is 10.2 Å². The first-order chi connectivity index (χ1) is 13.0. The number of rotatable bonds is 10. The molecule has 2 aromatic rings. The Morgan fingerprint density at radius 1 is 1.15 bits per heavy atom. The number of methoxy groups -OCH3 is 2. The van der Waals surface area contributed by atoms with Crippen LogP contribution in [0.1, 0.15) is 63.4 Å². The summed E-state index contributed by atoms with van der Waals surface area (Å²) in [6.07, 6.45) is 5.84. The van der Waals surface area contributed by atoms with Gasteiger partial charge in [0.2, 0.25) is 5.13 Å². The van der Waals surface area contributed by atoms with Gasteiger partial charge in [-0.1, -0.05) is 69.7 Å². The topological polar surface area (TPSA) is 56.3 Å². The van der Waals surface area contributed by atoms with Gasteiger partial charge in [0.1, 0.15) is 21.5 Å². The van der Waals surface area contributed by atoms with Crippen LogP contribution in [0.2, 0.25) is 0 Å². The molecule has 0 bridgehead atoms. The summed E-state index contributed by atoms with van der Waals surface area (Å²) in [4.78, 5) is 0.510. The van der Waals surface area contributed by atoms with Crippen molar-refractivity contribution in [2.75, 3.05) is 19.5 Å². The molecule has 0 aliphatic rings. The van der Waals surface area contributed by atoms with Gasteiger partial charge < -0.3 is 14.8 Å². The Kier molecular flexibility index (Phi) is 7.98. The molecule has 0 saturated heterocycles. The fourth-order valence-electron chi connectivity index (χ4n) is 2.95. The van der Waals surface area contributed by atoms with Gasteiger partial charge in [-0.25, -0.2) is 0 Å². The number of hydrogen-bond acceptors (Lipinski definition) is 6. The van der Waals surface area contributed by atoms with Crippen LogP contribution in [-0.4, -0.2) is 29.4 Å². The Bertz CT molecular complexity index is 741. The smallest absolute Gasteiger partial charge is 0.210 e. The summed E-state index contributed by atoms with van der Waals surface area (Å²) in [5.74, 6) is 1.32. The number of unbranched alkanes of at least 4 members (excludes halogenated alkanes) is 2. The molecule has 0 saturated carbocycles. The van der Waals surface area contributed by atoms with Gasteiger partial charge in [0, 0.05) is 5.41 Å². The molecule has 5 nitrogen and oxygen atoms in total. The largest absolute Gasteiger partial charge is 0.496 e. The van der Waals surface area contributed by atoms with Crippen molar-refractivity contribution < 1.29 is 9.47 Å². The lowest BCUT2D eigenvalue weighted by atomic mass is 9.83. The van der Waals surface area contributed by atoms with E-state index in [4.69, 9.17) is 21.7 Å². The Hall–Kier alpha value is -1.73. The van der Waals surface area contributed by atoms with Gasteiger partial charge >= 0.3 is 0 Å². The molecule has 1 aromatic carbocycles. The monoisotopic (exact) mass is 407 g/mol. The summed E-state index contributed by atoms with van der Waals surface area (Å²) in [5.41, 5.74) is 0.770. The molecule has 2 rings (SSSR count). The van der Waals surface area contributed by atoms with Crippen molar-refractivity contribution in [3.63, 3.8) is 0 Å². The van der Waals surface area contributed by atoms with Crippen LogP contribution in [0.5, 0.6) is 11.5 Å². The molecule has 27 heavy (non-hydrogen) atoms. The van der Waals surface area contributed by atoms with E-state index in [9.17, 15) is 0 Å². The Labute approximate surface area is 171 Å². The first kappa shape index (κ1) is 21.6. The van der Waals surface area contributed by atoms with Crippen LogP contribution in [0, 0.1) is 0 Å². The third-order valence-electron chi connectivity index (χ3n) is 4.93. The molecule has 0 amide bonds. The normalized spacial score (nSPS) is 13.1. The molecule has 0 fully saturated rings. The first-order valence-electron chi connectivity index (χ1n) is 9.35. The second-order valence-corrected chi connectivity index (χ2v) is 8.16. The predicted molar refractivity (Wildman–Crippen MR) is 117 cm³/mol. The molecule has 1 heterocycles. The number of ether oxygens (including phenoxy) is 2. The molecule has 148 valence electrons. The lowest BCUT2D eigenvalue weighted by Crippen LogP contribution is -2.20. The quantitative estimate of drug-likeness (QED) is 0.409. The van der Waals surface area contributed by atoms with Gasteiger partial charge in [-0.05, 0) is 25.0 Å². The lowest BCUT2D eigenvalue weighted by molar-refractivity contribution is 0.393. The lowest BCUT2D eigenvalue weighted by Gasteiger charge is -2.25. The molecule has 0 aliphatic heterocycles. The van der Waals surface area contributed by atoms with Crippen LogP contribution in [0.3, 0.4) is 0 Å². The second kappa shape index (κ2) is 9.99. The summed E-state index contributed by atoms with van der Waals surface area (Å²) >= 11 is 7.16. The van der Waals surface area contributed by atoms with E-state index in [1.807, 2.05) is 18.2 Å². The maximum absolute atomic E-state index is 5.59. The number of benzene rings is 1. The van der Waals surface area contributed by atoms with E-state index >= 15 is 0 Å². The minimum Gasteiger partial charge on any atom is -0.496 e. The zero-order chi connectivity index (χ0) is 19.9. The molecule has 1 aromatic heterocycles. The molecule has 0 radical (unpaired) electrons. The van der Waals surface area contributed by atoms with E-state index < -0.39 is 0 Å². The van der Waals surface area contributed by atoms with Gasteiger partial charge in [0.15, 0.2) is 0 Å². The number of aromatic nitrogens is 2. The average Bonchev–Trinajstić information content (AvgIpc) is 3.16. The van der Waals surface area contributed by atoms with Crippen molar-refractivity contribution in [3.05, 3.63) is 28.8 Å². The number of hydrogen-bond donors (Lipinski definition) is 1. The molecule has 7 heteroatoms. The van der Waals surface area contributed by atoms with Gasteiger partial charge in [-0.2, -0.15) is 0 Å². The van der Waals surface area contributed by atoms with Crippen LogP contribution >= 0.6 is 23.6 Å². The fraction of sp³-hybridized carbons (Fsp3) is 0.550. The van der Waals surface area contributed by atoms with E-state index in [0.29, 0.717) is 21.6 Å². The van der Waals surface area contributed by atoms with Crippen molar-refractivity contribution in [3.8, 4) is 11.5 Å². The van der Waals surface area contributed by atoms with Crippen molar-refractivity contribution in [1.82, 2.24) is 10.2 Å². The van der Waals surface area contributed by atoms with Gasteiger partial charge in [-0.3, -0.25) is 0 Å². The highest BCUT2D eigenvalue weighted by molar-refractivity contribution is 7.81. The first-order valence-corrected chi connectivity index (χ1v) is 10.6. The van der Waals surface area contributed by atoms with Crippen LogP contribution in [-0.2, 0) is 5.41 Å². The zero-order valence-electron chi connectivity index (χ0n) is 16.8. The molecule has 1 N–H and O–H groups in total. The highest BCUT2D eigenvalue weighted by Gasteiger charge is 2.29. The van der Waals surface area contributed by atoms with Crippen LogP contribution in [0.4, 0.5) is 5.13 Å². The van der Waals surface area contributed by atoms with Gasteiger partial charge in [0.25, 0.3) is 0 Å². The minimum atomic E-state index is 0.0521. The summed E-state index contributed by atoms with van der Waals surface area (Å²) in [7, 11) is 3.24. The SMILES string of the molecule is CCCCCC(C)(CC)c1nnc(NC(=S)c2c(OC)cccc2OC)s1. The number of thiocarbonyl (C=S) groups is 1. The van der Waals surface area contributed by atoms with E-state index in [0.717, 1.165) is 23.4 Å². The standard InChI is InChI=1S/C20H29N3O2S2/c1-6-8-9-13-20(3,7-2)18-22-23-19(27-18)21-17(26)16-14(24-4)11-10-12-15(16)25-5/h10-12H,6-9,13H2,1-5H3,(H,21,23,26). The van der Waals surface area contributed by atoms with Gasteiger partial charge in [0.05, 0.1) is 19.8 Å². The van der Waals surface area contributed by atoms with Crippen molar-refractivity contribution in [2.24, 2.45) is 0 Å². The van der Waals surface area contributed by atoms with Crippen molar-refractivity contribution in [2.45, 2.75) is 58.3 Å². The van der Waals surface area contributed by atoms with Crippen LogP contribution in [0.25, 0.3) is 0 Å². The molecule has 1 atom stereocenters. The second-order valence-electron chi connectivity index (χ2n) is 6.78. The Morgan fingerprint density at radius 2 is 1.81 bits per heavy atom. The number of nitrogens with one attached hydrogen (secondary N) is 1. The third kappa shape index (κ3) is 5.17. The van der Waals surface area contributed by atoms with E-state index in [1.54, 1.807) is 25.6 Å². The van der Waals surface area contributed by atoms with Crippen molar-refractivity contribution in [1.29, 1.82) is 0 Å². The molecule has 1 unspecified atom stereocenters. The number of nitrogens with zero attached hydrogens (tertiary/aromatic N) is 2. The molecule has 0 spiro atoms. The zero-order valence-corrected chi connectivity index (χ0v) is 18.4. The summed E-state index contributed by atoms with van der Waals surface area (Å²) in [6, 6.07) is 5.59. The molecule has 0 aliphatic carbocycles. The number of anilines is 1. The maximum Gasteiger partial charge on any atom is 0.210 e. The summed E-state index contributed by atoms with van der Waals surface area (Å²) in [5, 5.41) is 13.7. The Morgan fingerprint density at radius 3 is 2.37 bits per heavy atom. The van der Waals surface area contributed by atoms with Crippen LogP contribution in [0.15, 0.2) is 18.2 Å². The van der Waals surface area contributed by atoms with E-state index in [2.05, 4.69) is 36.3 Å². The summed E-state index contributed by atoms with van der Waals surface area (Å²) in [6.45, 7) is 6.71. The average molecular weight is 408 g/mol. The third-order valence-corrected chi connectivity index (χ3v) is 6.38. The van der Waals surface area contributed by atoms with Crippen LogP contribution < -0.4 is 14.8 Å². The molecular formula is C20H29N3O2S2. The minimum absolute atomic E-state index is 0.0521. The highest BCUT2D eigenvalue weighted by Crippen LogP contribution is 2.37.